The molecule has 1 saturated carbocycles. The standard InChI is InChI=1S/C15H16N2O/c1-2-10-17(12-6-7-12)15(18)13-5-3-4-11-8-9-16-14(11)13/h2-5,8-9,12,16H,1,6-7,10H2. The first-order valence-corrected chi connectivity index (χ1v) is 6.29. The Labute approximate surface area is 106 Å². The summed E-state index contributed by atoms with van der Waals surface area (Å²) in [6, 6.07) is 8.22. The maximum atomic E-state index is 12.6. The summed E-state index contributed by atoms with van der Waals surface area (Å²) < 4.78 is 0. The number of amides is 1. The van der Waals surface area contributed by atoms with Gasteiger partial charge in [-0.25, -0.2) is 0 Å². The molecule has 1 fully saturated rings. The molecule has 0 atom stereocenters. The van der Waals surface area contributed by atoms with Gasteiger partial charge in [0, 0.05) is 24.2 Å². The number of benzene rings is 1. The molecule has 2 aromatic rings. The number of carbonyl (C=O) groups is 1. The fourth-order valence-corrected chi connectivity index (χ4v) is 2.34. The first kappa shape index (κ1) is 11.1. The van der Waals surface area contributed by atoms with Crippen molar-refractivity contribution in [3.8, 4) is 0 Å². The number of carbonyl (C=O) groups excluding carboxylic acids is 1. The normalized spacial score (nSPS) is 14.7. The molecule has 1 amide bonds. The van der Waals surface area contributed by atoms with Crippen LogP contribution < -0.4 is 0 Å². The summed E-state index contributed by atoms with van der Waals surface area (Å²) in [6.07, 6.45) is 5.89. The number of para-hydroxylation sites is 1. The van der Waals surface area contributed by atoms with Crippen LogP contribution in [0.25, 0.3) is 10.9 Å². The highest BCUT2D eigenvalue weighted by atomic mass is 16.2. The highest BCUT2D eigenvalue weighted by molar-refractivity contribution is 6.05. The number of hydrogen-bond donors (Lipinski definition) is 1. The Morgan fingerprint density at radius 3 is 3.00 bits per heavy atom. The molecule has 0 radical (unpaired) electrons. The average molecular weight is 240 g/mol. The minimum atomic E-state index is 0.102. The molecule has 3 nitrogen and oxygen atoms in total. The van der Waals surface area contributed by atoms with E-state index in [0.29, 0.717) is 12.6 Å². The van der Waals surface area contributed by atoms with Crippen LogP contribution in [0, 0.1) is 0 Å². The van der Waals surface area contributed by atoms with E-state index in [-0.39, 0.29) is 5.91 Å². The van der Waals surface area contributed by atoms with Gasteiger partial charge in [0.25, 0.3) is 5.91 Å². The lowest BCUT2D eigenvalue weighted by atomic mass is 10.1. The minimum absolute atomic E-state index is 0.102. The third kappa shape index (κ3) is 1.82. The Hall–Kier alpha value is -2.03. The second-order valence-electron chi connectivity index (χ2n) is 4.72. The van der Waals surface area contributed by atoms with E-state index in [9.17, 15) is 4.79 Å². The van der Waals surface area contributed by atoms with E-state index in [1.54, 1.807) is 6.08 Å². The fourth-order valence-electron chi connectivity index (χ4n) is 2.34. The predicted octanol–water partition coefficient (Wildman–Crippen LogP) is 2.96. The third-order valence-electron chi connectivity index (χ3n) is 3.39. The van der Waals surface area contributed by atoms with Crippen molar-refractivity contribution in [2.75, 3.05) is 6.54 Å². The van der Waals surface area contributed by atoms with Gasteiger partial charge in [0.1, 0.15) is 0 Å². The molecule has 1 N–H and O–H groups in total. The lowest BCUT2D eigenvalue weighted by Crippen LogP contribution is -2.33. The van der Waals surface area contributed by atoms with E-state index in [1.807, 2.05) is 35.4 Å². The summed E-state index contributed by atoms with van der Waals surface area (Å²) in [4.78, 5) is 17.7. The SMILES string of the molecule is C=CCN(C(=O)c1cccc2cc[nH]c12)C1CC1. The van der Waals surface area contributed by atoms with Crippen molar-refractivity contribution in [2.24, 2.45) is 0 Å². The summed E-state index contributed by atoms with van der Waals surface area (Å²) in [5.41, 5.74) is 1.68. The molecule has 92 valence electrons. The van der Waals surface area contributed by atoms with Gasteiger partial charge in [-0.1, -0.05) is 18.2 Å². The maximum absolute atomic E-state index is 12.6. The van der Waals surface area contributed by atoms with Crippen LogP contribution in [0.4, 0.5) is 0 Å². The van der Waals surface area contributed by atoms with Gasteiger partial charge in [0.2, 0.25) is 0 Å². The topological polar surface area (TPSA) is 36.1 Å². The van der Waals surface area contributed by atoms with Crippen LogP contribution in [0.3, 0.4) is 0 Å². The lowest BCUT2D eigenvalue weighted by molar-refractivity contribution is 0.0764. The minimum Gasteiger partial charge on any atom is -0.361 e. The first-order valence-electron chi connectivity index (χ1n) is 6.29. The third-order valence-corrected chi connectivity index (χ3v) is 3.39. The molecule has 1 aliphatic rings. The second-order valence-corrected chi connectivity index (χ2v) is 4.72. The average Bonchev–Trinajstić information content (AvgIpc) is 3.11. The molecule has 0 unspecified atom stereocenters. The van der Waals surface area contributed by atoms with E-state index in [1.165, 1.54) is 0 Å². The Morgan fingerprint density at radius 2 is 2.28 bits per heavy atom. The Bertz CT molecular complexity index is 595. The molecule has 18 heavy (non-hydrogen) atoms. The van der Waals surface area contributed by atoms with E-state index in [0.717, 1.165) is 29.3 Å². The molecule has 0 bridgehead atoms. The van der Waals surface area contributed by atoms with Gasteiger partial charge >= 0.3 is 0 Å². The van der Waals surface area contributed by atoms with Gasteiger partial charge in [-0.05, 0) is 25.0 Å². The molecule has 1 aromatic heterocycles. The molecular weight excluding hydrogens is 224 g/mol. The van der Waals surface area contributed by atoms with Gasteiger partial charge in [-0.3, -0.25) is 4.79 Å². The van der Waals surface area contributed by atoms with Crippen LogP contribution in [0.5, 0.6) is 0 Å². The molecule has 0 spiro atoms. The van der Waals surface area contributed by atoms with Crippen molar-refractivity contribution >= 4 is 16.8 Å². The Kier molecular flexibility index (Phi) is 2.67. The van der Waals surface area contributed by atoms with Crippen molar-refractivity contribution in [1.29, 1.82) is 0 Å². The number of hydrogen-bond acceptors (Lipinski definition) is 1. The second kappa shape index (κ2) is 4.33. The maximum Gasteiger partial charge on any atom is 0.256 e. The predicted molar refractivity (Wildman–Crippen MR) is 72.6 cm³/mol. The van der Waals surface area contributed by atoms with E-state index in [2.05, 4.69) is 11.6 Å². The van der Waals surface area contributed by atoms with Crippen molar-refractivity contribution in [1.82, 2.24) is 9.88 Å². The zero-order valence-electron chi connectivity index (χ0n) is 10.2. The molecular formula is C15H16N2O. The number of H-pyrrole nitrogens is 1. The molecule has 3 rings (SSSR count). The van der Waals surface area contributed by atoms with Gasteiger partial charge in [-0.2, -0.15) is 0 Å². The smallest absolute Gasteiger partial charge is 0.256 e. The van der Waals surface area contributed by atoms with Crippen LogP contribution in [0.15, 0.2) is 43.1 Å². The Morgan fingerprint density at radius 1 is 1.44 bits per heavy atom. The number of fused-ring (bicyclic) bond motifs is 1. The number of rotatable bonds is 4. The Balaban J connectivity index is 1.99. The van der Waals surface area contributed by atoms with Gasteiger partial charge in [-0.15, -0.1) is 6.58 Å². The van der Waals surface area contributed by atoms with Crippen molar-refractivity contribution < 1.29 is 4.79 Å². The van der Waals surface area contributed by atoms with E-state index in [4.69, 9.17) is 0 Å². The summed E-state index contributed by atoms with van der Waals surface area (Å²) in [7, 11) is 0. The van der Waals surface area contributed by atoms with Crippen LogP contribution in [-0.2, 0) is 0 Å². The largest absolute Gasteiger partial charge is 0.361 e. The number of nitrogens with zero attached hydrogens (tertiary/aromatic N) is 1. The number of aromatic amines is 1. The number of aromatic nitrogens is 1. The first-order chi connectivity index (χ1) is 8.81. The highest BCUT2D eigenvalue weighted by Gasteiger charge is 2.32. The van der Waals surface area contributed by atoms with Crippen LogP contribution in [-0.4, -0.2) is 28.4 Å². The summed E-state index contributed by atoms with van der Waals surface area (Å²) >= 11 is 0. The highest BCUT2D eigenvalue weighted by Crippen LogP contribution is 2.29. The summed E-state index contributed by atoms with van der Waals surface area (Å²) in [5.74, 6) is 0.102. The summed E-state index contributed by atoms with van der Waals surface area (Å²) in [6.45, 7) is 4.36. The molecule has 3 heteroatoms. The monoisotopic (exact) mass is 240 g/mol. The van der Waals surface area contributed by atoms with Gasteiger partial charge in [0.05, 0.1) is 11.1 Å². The van der Waals surface area contributed by atoms with E-state index >= 15 is 0 Å². The van der Waals surface area contributed by atoms with Crippen molar-refractivity contribution in [3.05, 3.63) is 48.7 Å². The van der Waals surface area contributed by atoms with Crippen LogP contribution >= 0.6 is 0 Å². The lowest BCUT2D eigenvalue weighted by Gasteiger charge is -2.21. The fraction of sp³-hybridized carbons (Fsp3) is 0.267. The summed E-state index contributed by atoms with van der Waals surface area (Å²) in [5, 5.41) is 1.08. The quantitative estimate of drug-likeness (QED) is 0.819. The molecule has 0 aliphatic heterocycles. The van der Waals surface area contributed by atoms with Crippen molar-refractivity contribution in [3.63, 3.8) is 0 Å². The van der Waals surface area contributed by atoms with Crippen LogP contribution in [0.2, 0.25) is 0 Å². The molecule has 1 aliphatic carbocycles. The molecule has 1 aromatic carbocycles. The van der Waals surface area contributed by atoms with Gasteiger partial charge < -0.3 is 9.88 Å². The molecule has 1 heterocycles. The zero-order chi connectivity index (χ0) is 12.5. The van der Waals surface area contributed by atoms with Crippen molar-refractivity contribution in [2.45, 2.75) is 18.9 Å². The van der Waals surface area contributed by atoms with Gasteiger partial charge in [0.15, 0.2) is 0 Å². The van der Waals surface area contributed by atoms with E-state index < -0.39 is 0 Å². The zero-order valence-corrected chi connectivity index (χ0v) is 10.2. The molecule has 0 saturated heterocycles. The van der Waals surface area contributed by atoms with Crippen LogP contribution in [0.1, 0.15) is 23.2 Å². The number of nitrogens with one attached hydrogen (secondary N) is 1.